The number of nitrogens with one attached hydrogen (secondary N) is 2. The Morgan fingerprint density at radius 3 is 2.65 bits per heavy atom. The minimum absolute atomic E-state index is 0.125. The Kier molecular flexibility index (Phi) is 3.22. The standard InChI is InChI=1S/C14H13N3O3/c18-8-10-6-5-9(20-10)7-15-13-11-3-1-2-4-12(11)14(19)17-16-13/h1-6,18H,7-8H2,(H,15,16)(H,17,19). The Labute approximate surface area is 114 Å². The summed E-state index contributed by atoms with van der Waals surface area (Å²) < 4.78 is 5.38. The zero-order chi connectivity index (χ0) is 13.9. The molecule has 2 heterocycles. The van der Waals surface area contributed by atoms with E-state index in [1.54, 1.807) is 24.3 Å². The Balaban J connectivity index is 1.87. The van der Waals surface area contributed by atoms with Gasteiger partial charge < -0.3 is 14.8 Å². The number of aromatic nitrogens is 2. The fourth-order valence-electron chi connectivity index (χ4n) is 2.02. The molecule has 6 heteroatoms. The van der Waals surface area contributed by atoms with Gasteiger partial charge >= 0.3 is 0 Å². The molecule has 2 aromatic heterocycles. The van der Waals surface area contributed by atoms with E-state index in [4.69, 9.17) is 9.52 Å². The summed E-state index contributed by atoms with van der Waals surface area (Å²) in [5.74, 6) is 1.79. The molecule has 3 rings (SSSR count). The van der Waals surface area contributed by atoms with E-state index in [9.17, 15) is 4.79 Å². The van der Waals surface area contributed by atoms with Gasteiger partial charge in [-0.05, 0) is 18.2 Å². The SMILES string of the molecule is O=c1[nH]nc(NCc2ccc(CO)o2)c2ccccc12. The van der Waals surface area contributed by atoms with Crippen molar-refractivity contribution < 1.29 is 9.52 Å². The van der Waals surface area contributed by atoms with Crippen LogP contribution in [0.4, 0.5) is 5.82 Å². The number of aliphatic hydroxyl groups excluding tert-OH is 1. The van der Waals surface area contributed by atoms with E-state index >= 15 is 0 Å². The second-order valence-corrected chi connectivity index (χ2v) is 4.33. The first-order chi connectivity index (χ1) is 9.78. The zero-order valence-electron chi connectivity index (χ0n) is 10.6. The molecule has 102 valence electrons. The van der Waals surface area contributed by atoms with Crippen molar-refractivity contribution in [1.29, 1.82) is 0 Å². The third-order valence-corrected chi connectivity index (χ3v) is 3.00. The van der Waals surface area contributed by atoms with Crippen LogP contribution in [-0.4, -0.2) is 15.3 Å². The number of hydrogen-bond acceptors (Lipinski definition) is 5. The van der Waals surface area contributed by atoms with Gasteiger partial charge in [0, 0.05) is 5.39 Å². The molecule has 0 amide bonds. The molecule has 0 radical (unpaired) electrons. The fraction of sp³-hybridized carbons (Fsp3) is 0.143. The molecule has 0 fully saturated rings. The van der Waals surface area contributed by atoms with Crippen molar-refractivity contribution in [3.8, 4) is 0 Å². The molecule has 0 saturated carbocycles. The van der Waals surface area contributed by atoms with E-state index in [2.05, 4.69) is 15.5 Å². The number of fused-ring (bicyclic) bond motifs is 1. The summed E-state index contributed by atoms with van der Waals surface area (Å²) in [7, 11) is 0. The molecule has 3 aromatic rings. The molecular formula is C14H13N3O3. The van der Waals surface area contributed by atoms with Crippen LogP contribution in [0.5, 0.6) is 0 Å². The van der Waals surface area contributed by atoms with Gasteiger partial charge in [0.05, 0.1) is 11.9 Å². The van der Waals surface area contributed by atoms with Crippen LogP contribution in [0.3, 0.4) is 0 Å². The van der Waals surface area contributed by atoms with Gasteiger partial charge in [-0.1, -0.05) is 18.2 Å². The number of aliphatic hydroxyl groups is 1. The maximum atomic E-state index is 11.7. The number of nitrogens with zero attached hydrogens (tertiary/aromatic N) is 1. The summed E-state index contributed by atoms with van der Waals surface area (Å²) in [5.41, 5.74) is -0.216. The number of furan rings is 1. The highest BCUT2D eigenvalue weighted by Gasteiger charge is 2.06. The lowest BCUT2D eigenvalue weighted by Gasteiger charge is -2.06. The highest BCUT2D eigenvalue weighted by atomic mass is 16.4. The summed E-state index contributed by atoms with van der Waals surface area (Å²) in [6.07, 6.45) is 0. The van der Waals surface area contributed by atoms with Crippen LogP contribution < -0.4 is 10.9 Å². The van der Waals surface area contributed by atoms with Gasteiger partial charge in [-0.15, -0.1) is 0 Å². The van der Waals surface area contributed by atoms with Crippen LogP contribution in [0.2, 0.25) is 0 Å². The van der Waals surface area contributed by atoms with Crippen molar-refractivity contribution in [2.45, 2.75) is 13.2 Å². The average molecular weight is 271 g/mol. The van der Waals surface area contributed by atoms with Crippen molar-refractivity contribution in [1.82, 2.24) is 10.2 Å². The third kappa shape index (κ3) is 2.28. The maximum Gasteiger partial charge on any atom is 0.272 e. The first-order valence-corrected chi connectivity index (χ1v) is 6.17. The second kappa shape index (κ2) is 5.18. The molecule has 0 saturated heterocycles. The molecule has 6 nitrogen and oxygen atoms in total. The van der Waals surface area contributed by atoms with Crippen molar-refractivity contribution in [3.05, 3.63) is 58.3 Å². The lowest BCUT2D eigenvalue weighted by Crippen LogP contribution is -2.11. The fourth-order valence-corrected chi connectivity index (χ4v) is 2.02. The number of anilines is 1. The van der Waals surface area contributed by atoms with Crippen LogP contribution in [0, 0.1) is 0 Å². The quantitative estimate of drug-likeness (QED) is 0.670. The number of H-pyrrole nitrogens is 1. The van der Waals surface area contributed by atoms with E-state index in [0.29, 0.717) is 29.3 Å². The maximum absolute atomic E-state index is 11.7. The highest BCUT2D eigenvalue weighted by molar-refractivity contribution is 5.90. The predicted molar refractivity (Wildman–Crippen MR) is 74.3 cm³/mol. The molecule has 3 N–H and O–H groups in total. The van der Waals surface area contributed by atoms with E-state index in [0.717, 1.165) is 5.39 Å². The van der Waals surface area contributed by atoms with Gasteiger partial charge in [-0.2, -0.15) is 5.10 Å². The van der Waals surface area contributed by atoms with Crippen LogP contribution >= 0.6 is 0 Å². The summed E-state index contributed by atoms with van der Waals surface area (Å²) in [6.45, 7) is 0.295. The van der Waals surface area contributed by atoms with Gasteiger partial charge in [0.25, 0.3) is 5.56 Å². The second-order valence-electron chi connectivity index (χ2n) is 4.33. The smallest absolute Gasteiger partial charge is 0.272 e. The monoisotopic (exact) mass is 271 g/mol. The Hall–Kier alpha value is -2.60. The molecule has 0 aliphatic rings. The Morgan fingerprint density at radius 1 is 1.15 bits per heavy atom. The molecule has 0 spiro atoms. The number of rotatable bonds is 4. The minimum Gasteiger partial charge on any atom is -0.462 e. The Morgan fingerprint density at radius 2 is 1.90 bits per heavy atom. The van der Waals surface area contributed by atoms with Gasteiger partial charge in [0.2, 0.25) is 0 Å². The van der Waals surface area contributed by atoms with Gasteiger partial charge in [-0.25, -0.2) is 5.10 Å². The first kappa shape index (κ1) is 12.4. The lowest BCUT2D eigenvalue weighted by molar-refractivity contribution is 0.244. The van der Waals surface area contributed by atoms with Crippen molar-refractivity contribution in [3.63, 3.8) is 0 Å². The van der Waals surface area contributed by atoms with Crippen molar-refractivity contribution in [2.24, 2.45) is 0 Å². The molecule has 0 aliphatic heterocycles. The molecule has 0 unspecified atom stereocenters. The first-order valence-electron chi connectivity index (χ1n) is 6.17. The summed E-state index contributed by atoms with van der Waals surface area (Å²) in [5, 5.41) is 19.9. The lowest BCUT2D eigenvalue weighted by atomic mass is 10.2. The minimum atomic E-state index is -0.216. The van der Waals surface area contributed by atoms with Crippen molar-refractivity contribution in [2.75, 3.05) is 5.32 Å². The van der Waals surface area contributed by atoms with E-state index in [-0.39, 0.29) is 12.2 Å². The highest BCUT2D eigenvalue weighted by Crippen LogP contribution is 2.18. The summed E-state index contributed by atoms with van der Waals surface area (Å²) in [6, 6.07) is 10.7. The summed E-state index contributed by atoms with van der Waals surface area (Å²) >= 11 is 0. The van der Waals surface area contributed by atoms with Crippen LogP contribution in [0.1, 0.15) is 11.5 Å². The van der Waals surface area contributed by atoms with Gasteiger partial charge in [0.1, 0.15) is 18.1 Å². The van der Waals surface area contributed by atoms with Gasteiger partial charge in [-0.3, -0.25) is 4.79 Å². The summed E-state index contributed by atoms with van der Waals surface area (Å²) in [4.78, 5) is 11.7. The number of benzene rings is 1. The normalized spacial score (nSPS) is 10.8. The largest absolute Gasteiger partial charge is 0.462 e. The molecule has 1 aromatic carbocycles. The van der Waals surface area contributed by atoms with E-state index in [1.165, 1.54) is 0 Å². The van der Waals surface area contributed by atoms with E-state index in [1.807, 2.05) is 12.1 Å². The molecule has 20 heavy (non-hydrogen) atoms. The van der Waals surface area contributed by atoms with Crippen molar-refractivity contribution >= 4 is 16.6 Å². The average Bonchev–Trinajstić information content (AvgIpc) is 2.95. The van der Waals surface area contributed by atoms with E-state index < -0.39 is 0 Å². The molecule has 0 atom stereocenters. The van der Waals surface area contributed by atoms with Gasteiger partial charge in [0.15, 0.2) is 5.82 Å². The predicted octanol–water partition coefficient (Wildman–Crippen LogP) is 1.62. The molecule has 0 bridgehead atoms. The van der Waals surface area contributed by atoms with Crippen LogP contribution in [0.25, 0.3) is 10.8 Å². The third-order valence-electron chi connectivity index (χ3n) is 3.00. The topological polar surface area (TPSA) is 91.2 Å². The van der Waals surface area contributed by atoms with Crippen LogP contribution in [0.15, 0.2) is 45.6 Å². The molecular weight excluding hydrogens is 258 g/mol. The van der Waals surface area contributed by atoms with Crippen LogP contribution in [-0.2, 0) is 13.2 Å². The zero-order valence-corrected chi connectivity index (χ0v) is 10.6. The number of aromatic amines is 1. The molecule has 0 aliphatic carbocycles. The Bertz CT molecular complexity index is 791. The number of hydrogen-bond donors (Lipinski definition) is 3.